The molecule has 0 aliphatic carbocycles. The molecule has 84 valence electrons. The number of hydrogen-bond donors (Lipinski definition) is 2. The summed E-state index contributed by atoms with van der Waals surface area (Å²) in [5.74, 6) is -0.257. The lowest BCUT2D eigenvalue weighted by atomic mass is 10.2. The number of halogens is 1. The molecule has 2 rings (SSSR count). The molecule has 0 saturated heterocycles. The quantitative estimate of drug-likeness (QED) is 0.819. The minimum absolute atomic E-state index is 0.0782. The average molecular weight is 229 g/mol. The summed E-state index contributed by atoms with van der Waals surface area (Å²) >= 11 is 0. The normalized spacial score (nSPS) is 9.65. The summed E-state index contributed by atoms with van der Waals surface area (Å²) in [4.78, 5) is 7.63. The fourth-order valence-electron chi connectivity index (χ4n) is 1.31. The number of hydrogen-bond acceptors (Lipinski definition) is 5. The predicted octanol–water partition coefficient (Wildman–Crippen LogP) is 1.81. The van der Waals surface area contributed by atoms with Crippen LogP contribution in [0.1, 0.15) is 5.56 Å². The number of nitrogens with zero attached hydrogens (tertiary/aromatic N) is 3. The van der Waals surface area contributed by atoms with Crippen molar-refractivity contribution in [2.24, 2.45) is 0 Å². The molecule has 0 atom stereocenters. The Balaban J connectivity index is 2.41. The van der Waals surface area contributed by atoms with Gasteiger partial charge in [0.1, 0.15) is 23.8 Å². The molecule has 0 radical (unpaired) electrons. The van der Waals surface area contributed by atoms with Gasteiger partial charge in [-0.15, -0.1) is 0 Å². The Labute approximate surface area is 96.7 Å². The van der Waals surface area contributed by atoms with Gasteiger partial charge in [-0.2, -0.15) is 5.26 Å². The number of nitriles is 1. The van der Waals surface area contributed by atoms with Crippen LogP contribution in [-0.2, 0) is 0 Å². The molecule has 17 heavy (non-hydrogen) atoms. The highest BCUT2D eigenvalue weighted by atomic mass is 19.1. The smallest absolute Gasteiger partial charge is 0.157 e. The molecule has 0 spiro atoms. The van der Waals surface area contributed by atoms with Crippen molar-refractivity contribution < 1.29 is 4.39 Å². The monoisotopic (exact) mass is 229 g/mol. The Bertz CT molecular complexity index is 591. The molecule has 0 bridgehead atoms. The SMILES string of the molecule is N#Cc1c(F)cccc1Nc1ncncc1N. The van der Waals surface area contributed by atoms with Crippen molar-refractivity contribution in [2.45, 2.75) is 0 Å². The summed E-state index contributed by atoms with van der Waals surface area (Å²) < 4.78 is 13.3. The van der Waals surface area contributed by atoms with E-state index >= 15 is 0 Å². The summed E-state index contributed by atoms with van der Waals surface area (Å²) in [6, 6.07) is 6.07. The van der Waals surface area contributed by atoms with E-state index in [0.717, 1.165) is 0 Å². The van der Waals surface area contributed by atoms with E-state index in [1.165, 1.54) is 24.7 Å². The van der Waals surface area contributed by atoms with E-state index in [1.807, 2.05) is 0 Å². The first-order chi connectivity index (χ1) is 8.22. The van der Waals surface area contributed by atoms with Crippen molar-refractivity contribution in [1.82, 2.24) is 9.97 Å². The molecular formula is C11H8FN5. The summed E-state index contributed by atoms with van der Waals surface area (Å²) in [6.07, 6.45) is 2.73. The van der Waals surface area contributed by atoms with Gasteiger partial charge in [-0.3, -0.25) is 0 Å². The van der Waals surface area contributed by atoms with Gasteiger partial charge in [0.15, 0.2) is 5.82 Å². The van der Waals surface area contributed by atoms with Crippen LogP contribution in [0, 0.1) is 17.1 Å². The maximum Gasteiger partial charge on any atom is 0.157 e. The molecule has 2 aromatic rings. The Hall–Kier alpha value is -2.68. The summed E-state index contributed by atoms with van der Waals surface area (Å²) in [5.41, 5.74) is 6.19. The fraction of sp³-hybridized carbons (Fsp3) is 0. The molecule has 6 heteroatoms. The van der Waals surface area contributed by atoms with Crippen LogP contribution in [0.3, 0.4) is 0 Å². The molecule has 0 aliphatic heterocycles. The summed E-state index contributed by atoms with van der Waals surface area (Å²) in [7, 11) is 0. The zero-order valence-corrected chi connectivity index (χ0v) is 8.68. The van der Waals surface area contributed by atoms with Crippen molar-refractivity contribution in [3.63, 3.8) is 0 Å². The second-order valence-electron chi connectivity index (χ2n) is 3.23. The van der Waals surface area contributed by atoms with Crippen molar-refractivity contribution in [3.8, 4) is 6.07 Å². The van der Waals surface area contributed by atoms with Crippen molar-refractivity contribution in [2.75, 3.05) is 11.1 Å². The minimum atomic E-state index is -0.592. The number of nitrogens with two attached hydrogens (primary N) is 1. The van der Waals surface area contributed by atoms with Crippen LogP contribution in [0.2, 0.25) is 0 Å². The van der Waals surface area contributed by atoms with Gasteiger partial charge in [-0.25, -0.2) is 14.4 Å². The zero-order chi connectivity index (χ0) is 12.3. The van der Waals surface area contributed by atoms with E-state index < -0.39 is 5.82 Å². The third-order valence-electron chi connectivity index (χ3n) is 2.12. The molecular weight excluding hydrogens is 221 g/mol. The van der Waals surface area contributed by atoms with Gasteiger partial charge in [0.2, 0.25) is 0 Å². The summed E-state index contributed by atoms with van der Waals surface area (Å²) in [5, 5.41) is 11.6. The van der Waals surface area contributed by atoms with Gasteiger partial charge in [0, 0.05) is 0 Å². The van der Waals surface area contributed by atoms with E-state index in [4.69, 9.17) is 11.0 Å². The van der Waals surface area contributed by atoms with Gasteiger partial charge < -0.3 is 11.1 Å². The first-order valence-corrected chi connectivity index (χ1v) is 4.73. The maximum atomic E-state index is 13.3. The molecule has 1 aromatic heterocycles. The summed E-state index contributed by atoms with van der Waals surface area (Å²) in [6.45, 7) is 0. The van der Waals surface area contributed by atoms with Crippen molar-refractivity contribution in [1.29, 1.82) is 5.26 Å². The zero-order valence-electron chi connectivity index (χ0n) is 8.68. The van der Waals surface area contributed by atoms with Gasteiger partial charge in [-0.1, -0.05) is 6.07 Å². The fourth-order valence-corrected chi connectivity index (χ4v) is 1.31. The highest BCUT2D eigenvalue weighted by molar-refractivity contribution is 5.71. The molecule has 0 fully saturated rings. The van der Waals surface area contributed by atoms with E-state index in [2.05, 4.69) is 15.3 Å². The first kappa shape index (κ1) is 10.8. The van der Waals surface area contributed by atoms with Crippen LogP contribution in [0.25, 0.3) is 0 Å². The van der Waals surface area contributed by atoms with Crippen LogP contribution in [0.4, 0.5) is 21.6 Å². The van der Waals surface area contributed by atoms with Crippen molar-refractivity contribution >= 4 is 17.2 Å². The van der Waals surface area contributed by atoms with E-state index in [1.54, 1.807) is 12.1 Å². The largest absolute Gasteiger partial charge is 0.394 e. The average Bonchev–Trinajstić information content (AvgIpc) is 2.32. The number of benzene rings is 1. The molecule has 1 aromatic carbocycles. The Morgan fingerprint density at radius 1 is 1.41 bits per heavy atom. The van der Waals surface area contributed by atoms with Crippen molar-refractivity contribution in [3.05, 3.63) is 42.1 Å². The second kappa shape index (κ2) is 4.45. The molecule has 3 N–H and O–H groups in total. The van der Waals surface area contributed by atoms with E-state index in [0.29, 0.717) is 17.2 Å². The Kier molecular flexibility index (Phi) is 2.83. The first-order valence-electron chi connectivity index (χ1n) is 4.73. The lowest BCUT2D eigenvalue weighted by molar-refractivity contribution is 0.624. The molecule has 0 saturated carbocycles. The second-order valence-corrected chi connectivity index (χ2v) is 3.23. The Morgan fingerprint density at radius 3 is 2.94 bits per heavy atom. The van der Waals surface area contributed by atoms with Crippen LogP contribution >= 0.6 is 0 Å². The maximum absolute atomic E-state index is 13.3. The lowest BCUT2D eigenvalue weighted by Crippen LogP contribution is -2.02. The number of anilines is 3. The lowest BCUT2D eigenvalue weighted by Gasteiger charge is -2.08. The third kappa shape index (κ3) is 2.13. The van der Waals surface area contributed by atoms with Crippen LogP contribution in [0.15, 0.2) is 30.7 Å². The molecule has 5 nitrogen and oxygen atoms in total. The number of rotatable bonds is 2. The Morgan fingerprint density at radius 2 is 2.24 bits per heavy atom. The van der Waals surface area contributed by atoms with Gasteiger partial charge >= 0.3 is 0 Å². The predicted molar refractivity (Wildman–Crippen MR) is 60.8 cm³/mol. The highest BCUT2D eigenvalue weighted by Gasteiger charge is 2.09. The number of aromatic nitrogens is 2. The standard InChI is InChI=1S/C11H8FN5/c12-8-2-1-3-10(7(8)4-13)17-11-9(14)5-15-6-16-11/h1-3,5-6H,14H2,(H,15,16,17). The highest BCUT2D eigenvalue weighted by Crippen LogP contribution is 2.23. The number of nitrogen functional groups attached to an aromatic ring is 1. The van der Waals surface area contributed by atoms with Gasteiger partial charge in [0.05, 0.1) is 17.6 Å². The van der Waals surface area contributed by atoms with Crippen LogP contribution in [-0.4, -0.2) is 9.97 Å². The van der Waals surface area contributed by atoms with E-state index in [9.17, 15) is 4.39 Å². The van der Waals surface area contributed by atoms with Crippen LogP contribution < -0.4 is 11.1 Å². The molecule has 0 unspecified atom stereocenters. The third-order valence-corrected chi connectivity index (χ3v) is 2.12. The topological polar surface area (TPSA) is 87.6 Å². The molecule has 1 heterocycles. The molecule has 0 aliphatic rings. The van der Waals surface area contributed by atoms with Crippen LogP contribution in [0.5, 0.6) is 0 Å². The van der Waals surface area contributed by atoms with Gasteiger partial charge in [0.25, 0.3) is 0 Å². The minimum Gasteiger partial charge on any atom is -0.394 e. The number of nitrogens with one attached hydrogen (secondary N) is 1. The van der Waals surface area contributed by atoms with E-state index in [-0.39, 0.29) is 5.56 Å². The molecule has 0 amide bonds. The van der Waals surface area contributed by atoms with Gasteiger partial charge in [-0.05, 0) is 12.1 Å².